The normalized spacial score (nSPS) is 12.1. The number of para-hydroxylation sites is 5. The number of hydrogen-bond acceptors (Lipinski definition) is 2. The second kappa shape index (κ2) is 18.4. The van der Waals surface area contributed by atoms with E-state index in [0.29, 0.717) is 82.9 Å². The molecule has 0 saturated carbocycles. The zero-order valence-corrected chi connectivity index (χ0v) is 42.2. The molecule has 3 aromatic heterocycles. The smallest absolute Gasteiger partial charge is 0.310 e. The summed E-state index contributed by atoms with van der Waals surface area (Å²) in [5.74, 6) is 0. The van der Waals surface area contributed by atoms with E-state index in [9.17, 15) is 31.6 Å². The molecule has 0 fully saturated rings. The molecule has 3 heterocycles. The fraction of sp³-hybridized carbons (Fsp3) is 0.0290. The molecule has 80 heavy (non-hydrogen) atoms. The van der Waals surface area contributed by atoms with E-state index in [1.165, 1.54) is 24.3 Å². The van der Waals surface area contributed by atoms with Gasteiger partial charge in [0.15, 0.2) is 0 Å². The van der Waals surface area contributed by atoms with Crippen LogP contribution in [0.25, 0.3) is 105 Å². The first-order valence-electron chi connectivity index (χ1n) is 25.9. The predicted molar refractivity (Wildman–Crippen MR) is 310 cm³/mol. The fourth-order valence-corrected chi connectivity index (χ4v) is 12.0. The molecule has 0 aliphatic carbocycles. The number of benzene rings is 11. The van der Waals surface area contributed by atoms with E-state index >= 15 is 0 Å². The Morgan fingerprint density at radius 3 is 1.02 bits per heavy atom. The number of nitriles is 1. The lowest BCUT2D eigenvalue weighted by atomic mass is 9.87. The maximum atomic E-state index is 14.9. The van der Waals surface area contributed by atoms with Gasteiger partial charge in [-0.25, -0.2) is 0 Å². The average molecular weight is 1050 g/mol. The highest BCUT2D eigenvalue weighted by Gasteiger charge is 2.37. The minimum atomic E-state index is -4.67. The average Bonchev–Trinajstić information content (AvgIpc) is 4.04. The Labute approximate surface area is 453 Å². The number of halogens is 6. The largest absolute Gasteiger partial charge is 0.416 e. The fourth-order valence-electron chi connectivity index (χ4n) is 12.0. The number of aromatic nitrogens is 3. The molecule has 384 valence electrons. The van der Waals surface area contributed by atoms with Gasteiger partial charge in [-0.2, -0.15) is 31.6 Å². The van der Waals surface area contributed by atoms with Crippen LogP contribution in [0.15, 0.2) is 249 Å². The van der Waals surface area contributed by atoms with Crippen molar-refractivity contribution in [1.82, 2.24) is 13.7 Å². The second-order valence-corrected chi connectivity index (χ2v) is 19.7. The third-order valence-corrected chi connectivity index (χ3v) is 15.3. The number of fused-ring (bicyclic) bond motifs is 9. The summed E-state index contributed by atoms with van der Waals surface area (Å²) in [4.78, 5) is 2.19. The molecule has 11 aromatic carbocycles. The number of nitrogens with zero attached hydrogens (tertiary/aromatic N) is 5. The summed E-state index contributed by atoms with van der Waals surface area (Å²) in [6.07, 6.45) is -9.34. The molecular formula is C69H41F6N5. The van der Waals surface area contributed by atoms with E-state index in [0.717, 1.165) is 51.0 Å². The van der Waals surface area contributed by atoms with Crippen LogP contribution >= 0.6 is 0 Å². The van der Waals surface area contributed by atoms with Crippen LogP contribution in [0.4, 0.5) is 43.4 Å². The lowest BCUT2D eigenvalue weighted by molar-refractivity contribution is -0.138. The van der Waals surface area contributed by atoms with E-state index in [1.54, 1.807) is 24.3 Å². The minimum absolute atomic E-state index is 0.233. The molecule has 0 aliphatic rings. The minimum Gasteiger partial charge on any atom is -0.310 e. The van der Waals surface area contributed by atoms with Gasteiger partial charge in [0, 0.05) is 60.5 Å². The predicted octanol–water partition coefficient (Wildman–Crippen LogP) is 19.7. The van der Waals surface area contributed by atoms with Crippen LogP contribution in [0, 0.1) is 11.3 Å². The summed E-state index contributed by atoms with van der Waals surface area (Å²) in [6, 6.07) is 78.3. The Bertz CT molecular complexity index is 4560. The Kier molecular flexibility index (Phi) is 11.1. The highest BCUT2D eigenvalue weighted by atomic mass is 19.4. The van der Waals surface area contributed by atoms with Crippen molar-refractivity contribution in [1.29, 1.82) is 5.26 Å². The van der Waals surface area contributed by atoms with Crippen molar-refractivity contribution in [2.24, 2.45) is 0 Å². The summed E-state index contributed by atoms with van der Waals surface area (Å²) in [5, 5.41) is 15.6. The van der Waals surface area contributed by atoms with Gasteiger partial charge < -0.3 is 18.6 Å². The first-order valence-corrected chi connectivity index (χ1v) is 25.9. The Morgan fingerprint density at radius 1 is 0.312 bits per heavy atom. The quantitative estimate of drug-likeness (QED) is 0.142. The first-order chi connectivity index (χ1) is 39.0. The number of alkyl halides is 6. The third kappa shape index (κ3) is 7.55. The monoisotopic (exact) mass is 1050 g/mol. The maximum absolute atomic E-state index is 14.9. The zero-order chi connectivity index (χ0) is 54.4. The van der Waals surface area contributed by atoms with Crippen molar-refractivity contribution >= 4 is 82.5 Å². The van der Waals surface area contributed by atoms with Crippen molar-refractivity contribution in [3.05, 3.63) is 265 Å². The highest BCUT2D eigenvalue weighted by molar-refractivity contribution is 6.17. The molecule has 0 spiro atoms. The number of rotatable bonds is 8. The van der Waals surface area contributed by atoms with Gasteiger partial charge >= 0.3 is 12.4 Å². The van der Waals surface area contributed by atoms with Crippen molar-refractivity contribution in [3.8, 4) is 45.4 Å². The van der Waals surface area contributed by atoms with Gasteiger partial charge in [0.05, 0.1) is 66.9 Å². The Hall–Kier alpha value is -10.3. The van der Waals surface area contributed by atoms with Gasteiger partial charge in [-0.15, -0.1) is 0 Å². The van der Waals surface area contributed by atoms with Crippen molar-refractivity contribution in [2.75, 3.05) is 4.90 Å². The summed E-state index contributed by atoms with van der Waals surface area (Å²) in [6.45, 7) is 0. The Morgan fingerprint density at radius 2 is 0.637 bits per heavy atom. The van der Waals surface area contributed by atoms with Crippen molar-refractivity contribution in [3.63, 3.8) is 0 Å². The lowest BCUT2D eigenvalue weighted by Crippen LogP contribution is -2.14. The highest BCUT2D eigenvalue weighted by Crippen LogP contribution is 2.53. The molecule has 0 amide bonds. The first kappa shape index (κ1) is 48.1. The van der Waals surface area contributed by atoms with Gasteiger partial charge in [0.2, 0.25) is 0 Å². The van der Waals surface area contributed by atoms with Crippen LogP contribution < -0.4 is 4.90 Å². The summed E-state index contributed by atoms with van der Waals surface area (Å²) in [7, 11) is 0. The van der Waals surface area contributed by atoms with Gasteiger partial charge in [-0.05, 0) is 108 Å². The SMILES string of the molecule is N#Cc1c(-c2ccccc2)c(-n2c3ccccc3c3cc(C(F)(F)F)ccc32)c(-n2c3ccccc3c3cc(N(c4ccccc4)c4ccccc4)ccc32)c(-n2c3ccccc3c3cc(C(F)(F)F)ccc32)c1-c1ccccc1. The Balaban J connectivity index is 1.26. The summed E-state index contributed by atoms with van der Waals surface area (Å²) < 4.78 is 95.5. The molecular weight excluding hydrogens is 1010 g/mol. The molecule has 14 aromatic rings. The van der Waals surface area contributed by atoms with Crippen molar-refractivity contribution < 1.29 is 26.3 Å². The molecule has 0 N–H and O–H groups in total. The van der Waals surface area contributed by atoms with E-state index in [4.69, 9.17) is 0 Å². The molecule has 0 atom stereocenters. The molecule has 5 nitrogen and oxygen atoms in total. The molecule has 0 radical (unpaired) electrons. The van der Waals surface area contributed by atoms with Gasteiger partial charge in [0.1, 0.15) is 6.07 Å². The summed E-state index contributed by atoms with van der Waals surface area (Å²) >= 11 is 0. The van der Waals surface area contributed by atoms with Crippen LogP contribution in [0.3, 0.4) is 0 Å². The summed E-state index contributed by atoms with van der Waals surface area (Å²) in [5.41, 5.74) is 8.43. The molecule has 0 saturated heterocycles. The number of anilines is 3. The topological polar surface area (TPSA) is 41.8 Å². The van der Waals surface area contributed by atoms with Crippen LogP contribution in [0.5, 0.6) is 0 Å². The molecule has 0 bridgehead atoms. The lowest BCUT2D eigenvalue weighted by Gasteiger charge is -2.29. The zero-order valence-electron chi connectivity index (χ0n) is 42.2. The van der Waals surface area contributed by atoms with Gasteiger partial charge in [-0.1, -0.05) is 152 Å². The number of hydrogen-bond donors (Lipinski definition) is 0. The van der Waals surface area contributed by atoms with Crippen LogP contribution in [-0.4, -0.2) is 13.7 Å². The van der Waals surface area contributed by atoms with Crippen LogP contribution in [-0.2, 0) is 12.4 Å². The van der Waals surface area contributed by atoms with Crippen LogP contribution in [0.2, 0.25) is 0 Å². The molecule has 11 heteroatoms. The second-order valence-electron chi connectivity index (χ2n) is 19.7. The van der Waals surface area contributed by atoms with Crippen molar-refractivity contribution in [2.45, 2.75) is 12.4 Å². The van der Waals surface area contributed by atoms with E-state index in [-0.39, 0.29) is 5.56 Å². The molecule has 0 aliphatic heterocycles. The van der Waals surface area contributed by atoms with Gasteiger partial charge in [-0.3, -0.25) is 0 Å². The van der Waals surface area contributed by atoms with Crippen LogP contribution in [0.1, 0.15) is 16.7 Å². The maximum Gasteiger partial charge on any atom is 0.416 e. The molecule has 14 rings (SSSR count). The standard InChI is InChI=1S/C69H41F6N5/c70-68(71,72)45-33-36-60-53(39-45)50-27-13-16-30-57(50)78(60)65-63(43-19-5-1-6-20-43)56(42-76)64(44-21-7-2-8-22-44)66(79-58-31-17-14-28-51(58)54-40-46(69(73,74)75)34-37-61(54)79)67(65)80-59-32-18-15-29-52(59)55-41-49(35-38-62(55)80)77(47-23-9-3-10-24-47)48-25-11-4-12-26-48/h1-41H. The van der Waals surface area contributed by atoms with Gasteiger partial charge in [0.25, 0.3) is 0 Å². The van der Waals surface area contributed by atoms with E-state index in [1.807, 2.05) is 149 Å². The molecule has 0 unspecified atom stereocenters. The third-order valence-electron chi connectivity index (χ3n) is 15.3. The van der Waals surface area contributed by atoms with E-state index < -0.39 is 23.5 Å². The van der Waals surface area contributed by atoms with E-state index in [2.05, 4.69) is 64.1 Å².